The van der Waals surface area contributed by atoms with Gasteiger partial charge in [0.1, 0.15) is 0 Å². The van der Waals surface area contributed by atoms with Crippen molar-refractivity contribution in [3.05, 3.63) is 0 Å². The third-order valence-corrected chi connectivity index (χ3v) is 3.41. The van der Waals surface area contributed by atoms with Gasteiger partial charge in [0.2, 0.25) is 0 Å². The number of hydrogen-bond donors (Lipinski definition) is 3. The lowest BCUT2D eigenvalue weighted by Crippen LogP contribution is -2.44. The number of rotatable bonds is 5. The van der Waals surface area contributed by atoms with Crippen LogP contribution < -0.4 is 10.6 Å². The summed E-state index contributed by atoms with van der Waals surface area (Å²) in [7, 11) is 0. The zero-order valence-corrected chi connectivity index (χ0v) is 12.2. The molecule has 0 radical (unpaired) electrons. The Morgan fingerprint density at radius 1 is 1.26 bits per heavy atom. The number of carbonyl (C=O) groups excluding carboxylic acids is 1. The third-order valence-electron chi connectivity index (χ3n) is 3.41. The summed E-state index contributed by atoms with van der Waals surface area (Å²) < 4.78 is 0. The van der Waals surface area contributed by atoms with Gasteiger partial charge >= 0.3 is 12.0 Å². The number of carboxylic acid groups (broad SMARTS) is 1. The smallest absolute Gasteiger partial charge is 0.315 e. The number of amides is 2. The molecule has 1 aliphatic carbocycles. The van der Waals surface area contributed by atoms with E-state index in [1.807, 2.05) is 20.8 Å². The maximum Gasteiger partial charge on any atom is 0.315 e. The molecule has 0 saturated heterocycles. The molecular weight excluding hydrogens is 244 g/mol. The van der Waals surface area contributed by atoms with E-state index in [1.165, 1.54) is 0 Å². The number of nitrogens with one attached hydrogen (secondary N) is 2. The van der Waals surface area contributed by atoms with Gasteiger partial charge in [0.15, 0.2) is 0 Å². The molecule has 110 valence electrons. The van der Waals surface area contributed by atoms with Crippen molar-refractivity contribution in [3.8, 4) is 0 Å². The summed E-state index contributed by atoms with van der Waals surface area (Å²) in [4.78, 5) is 22.8. The molecule has 0 aromatic heterocycles. The van der Waals surface area contributed by atoms with E-state index in [0.29, 0.717) is 6.42 Å². The molecule has 0 heterocycles. The zero-order chi connectivity index (χ0) is 14.5. The molecule has 19 heavy (non-hydrogen) atoms. The van der Waals surface area contributed by atoms with Crippen molar-refractivity contribution >= 4 is 12.0 Å². The Hall–Kier alpha value is -1.26. The van der Waals surface area contributed by atoms with Gasteiger partial charge in [-0.3, -0.25) is 4.79 Å². The number of carbonyl (C=O) groups is 2. The Kier molecular flexibility index (Phi) is 5.63. The fourth-order valence-electron chi connectivity index (χ4n) is 2.51. The highest BCUT2D eigenvalue weighted by molar-refractivity contribution is 5.76. The van der Waals surface area contributed by atoms with E-state index in [1.54, 1.807) is 0 Å². The van der Waals surface area contributed by atoms with Crippen LogP contribution in [-0.4, -0.2) is 29.7 Å². The van der Waals surface area contributed by atoms with Crippen LogP contribution in [0.5, 0.6) is 0 Å². The van der Waals surface area contributed by atoms with E-state index in [4.69, 9.17) is 5.11 Å². The quantitative estimate of drug-likeness (QED) is 0.717. The maximum absolute atomic E-state index is 11.7. The van der Waals surface area contributed by atoms with Gasteiger partial charge in [-0.1, -0.05) is 33.6 Å². The van der Waals surface area contributed by atoms with Crippen molar-refractivity contribution in [1.82, 2.24) is 10.6 Å². The van der Waals surface area contributed by atoms with Gasteiger partial charge in [0, 0.05) is 12.6 Å². The highest BCUT2D eigenvalue weighted by Crippen LogP contribution is 2.24. The van der Waals surface area contributed by atoms with Crippen LogP contribution in [0.15, 0.2) is 0 Å². The summed E-state index contributed by atoms with van der Waals surface area (Å²) in [6.07, 6.45) is 4.92. The largest absolute Gasteiger partial charge is 0.481 e. The molecule has 0 spiro atoms. The maximum atomic E-state index is 11.7. The highest BCUT2D eigenvalue weighted by atomic mass is 16.4. The Balaban J connectivity index is 2.34. The normalized spacial score (nSPS) is 18.1. The standard InChI is InChI=1S/C14H26N2O3/c1-14(2,3)8-10(12(17)18)9-15-13(19)16-11-6-4-5-7-11/h10-11H,4-9H2,1-3H3,(H,17,18)(H2,15,16,19). The first-order valence-electron chi connectivity index (χ1n) is 7.05. The van der Waals surface area contributed by atoms with Crippen LogP contribution in [0, 0.1) is 11.3 Å². The summed E-state index contributed by atoms with van der Waals surface area (Å²) in [6, 6.07) is 0.0120. The van der Waals surface area contributed by atoms with Gasteiger partial charge < -0.3 is 15.7 Å². The van der Waals surface area contributed by atoms with Gasteiger partial charge in [-0.25, -0.2) is 4.79 Å². The Bertz CT molecular complexity index is 317. The number of urea groups is 1. The van der Waals surface area contributed by atoms with Gasteiger partial charge in [0.25, 0.3) is 0 Å². The predicted molar refractivity (Wildman–Crippen MR) is 74.0 cm³/mol. The summed E-state index contributed by atoms with van der Waals surface area (Å²) >= 11 is 0. The topological polar surface area (TPSA) is 78.4 Å². The second kappa shape index (κ2) is 6.78. The second-order valence-electron chi connectivity index (χ2n) is 6.64. The molecule has 0 aromatic carbocycles. The number of hydrogen-bond acceptors (Lipinski definition) is 2. The Labute approximate surface area is 115 Å². The molecule has 3 N–H and O–H groups in total. The minimum Gasteiger partial charge on any atom is -0.481 e. The van der Waals surface area contributed by atoms with Crippen LogP contribution in [0.1, 0.15) is 52.9 Å². The summed E-state index contributed by atoms with van der Waals surface area (Å²) in [5.41, 5.74) is -0.0628. The monoisotopic (exact) mass is 270 g/mol. The minimum absolute atomic E-state index is 0.0628. The molecule has 0 aromatic rings. The van der Waals surface area contributed by atoms with E-state index >= 15 is 0 Å². The van der Waals surface area contributed by atoms with E-state index < -0.39 is 11.9 Å². The molecule has 0 bridgehead atoms. The lowest BCUT2D eigenvalue weighted by Gasteiger charge is -2.23. The zero-order valence-electron chi connectivity index (χ0n) is 12.2. The Morgan fingerprint density at radius 3 is 2.32 bits per heavy atom. The predicted octanol–water partition coefficient (Wildman–Crippen LogP) is 2.37. The van der Waals surface area contributed by atoms with Crippen LogP contribution in [0.3, 0.4) is 0 Å². The first-order valence-corrected chi connectivity index (χ1v) is 7.05. The summed E-state index contributed by atoms with van der Waals surface area (Å²) in [6.45, 7) is 6.19. The van der Waals surface area contributed by atoms with Crippen molar-refractivity contribution in [1.29, 1.82) is 0 Å². The third kappa shape index (κ3) is 6.45. The summed E-state index contributed by atoms with van der Waals surface area (Å²) in [5, 5.41) is 14.7. The first-order chi connectivity index (χ1) is 8.78. The van der Waals surface area contributed by atoms with Crippen LogP contribution in [0.4, 0.5) is 4.79 Å². The summed E-state index contributed by atoms with van der Waals surface area (Å²) in [5.74, 6) is -1.38. The lowest BCUT2D eigenvalue weighted by atomic mass is 9.84. The van der Waals surface area contributed by atoms with Gasteiger partial charge in [0.05, 0.1) is 5.92 Å². The first kappa shape index (κ1) is 15.8. The van der Waals surface area contributed by atoms with Gasteiger partial charge in [-0.15, -0.1) is 0 Å². The van der Waals surface area contributed by atoms with E-state index in [9.17, 15) is 9.59 Å². The SMILES string of the molecule is CC(C)(C)CC(CNC(=O)NC1CCCC1)C(=O)O. The van der Waals surface area contributed by atoms with E-state index in [0.717, 1.165) is 25.7 Å². The molecular formula is C14H26N2O3. The van der Waals surface area contributed by atoms with Gasteiger partial charge in [-0.2, -0.15) is 0 Å². The molecule has 1 aliphatic rings. The van der Waals surface area contributed by atoms with Gasteiger partial charge in [-0.05, 0) is 24.7 Å². The van der Waals surface area contributed by atoms with Crippen LogP contribution in [0.25, 0.3) is 0 Å². The van der Waals surface area contributed by atoms with Crippen LogP contribution in [0.2, 0.25) is 0 Å². The van der Waals surface area contributed by atoms with E-state index in [-0.39, 0.29) is 24.0 Å². The Morgan fingerprint density at radius 2 is 1.84 bits per heavy atom. The molecule has 1 atom stereocenters. The molecule has 5 nitrogen and oxygen atoms in total. The second-order valence-corrected chi connectivity index (χ2v) is 6.64. The molecule has 1 fully saturated rings. The van der Waals surface area contributed by atoms with E-state index in [2.05, 4.69) is 10.6 Å². The van der Waals surface area contributed by atoms with Crippen LogP contribution in [-0.2, 0) is 4.79 Å². The number of carboxylic acids is 1. The molecule has 0 aliphatic heterocycles. The van der Waals surface area contributed by atoms with Crippen molar-refractivity contribution in [2.45, 2.75) is 58.9 Å². The average molecular weight is 270 g/mol. The molecule has 1 unspecified atom stereocenters. The molecule has 5 heteroatoms. The minimum atomic E-state index is -0.851. The highest BCUT2D eigenvalue weighted by Gasteiger charge is 2.25. The molecule has 1 saturated carbocycles. The molecule has 2 amide bonds. The average Bonchev–Trinajstić information content (AvgIpc) is 2.75. The fraction of sp³-hybridized carbons (Fsp3) is 0.857. The van der Waals surface area contributed by atoms with Crippen LogP contribution >= 0.6 is 0 Å². The lowest BCUT2D eigenvalue weighted by molar-refractivity contribution is -0.142. The fourth-order valence-corrected chi connectivity index (χ4v) is 2.51. The van der Waals surface area contributed by atoms with Crippen molar-refractivity contribution in [3.63, 3.8) is 0 Å². The number of aliphatic carboxylic acids is 1. The van der Waals surface area contributed by atoms with Crippen molar-refractivity contribution in [2.24, 2.45) is 11.3 Å². The van der Waals surface area contributed by atoms with Crippen molar-refractivity contribution < 1.29 is 14.7 Å². The molecule has 1 rings (SSSR count). The van der Waals surface area contributed by atoms with Crippen molar-refractivity contribution in [2.75, 3.05) is 6.54 Å².